The third-order valence-electron chi connectivity index (χ3n) is 2.56. The topological polar surface area (TPSA) is 126 Å². The second-order valence-corrected chi connectivity index (χ2v) is 3.56. The molecule has 0 fully saturated rings. The van der Waals surface area contributed by atoms with Crippen LogP contribution in [0.3, 0.4) is 0 Å². The molecule has 2 N–H and O–H groups in total. The zero-order valence-electron chi connectivity index (χ0n) is 11.6. The zero-order valence-corrected chi connectivity index (χ0v) is 11.6. The first kappa shape index (κ1) is 18.7. The summed E-state index contributed by atoms with van der Waals surface area (Å²) in [6.45, 7) is 6.05. The van der Waals surface area contributed by atoms with Gasteiger partial charge in [-0.2, -0.15) is 13.9 Å². The third-order valence-corrected chi connectivity index (χ3v) is 2.56. The van der Waals surface area contributed by atoms with Crippen molar-refractivity contribution in [2.45, 2.75) is 20.0 Å². The van der Waals surface area contributed by atoms with E-state index in [1.165, 1.54) is 17.0 Å². The molecular weight excluding hydrogens is 296 g/mol. The van der Waals surface area contributed by atoms with Crippen LogP contribution in [0.5, 0.6) is 0 Å². The minimum atomic E-state index is -2.92. The van der Waals surface area contributed by atoms with Crippen molar-refractivity contribution in [1.82, 2.24) is 14.1 Å². The summed E-state index contributed by atoms with van der Waals surface area (Å²) in [5.74, 6) is 5.01. The standard InChI is InChI=1S/C10H11F2N5O.2CHN/c1-2-16-7-3-6(5-15-13)4-14-8(7)17(9(11)12)10(16)18;2*1-2/h3-5,9H,2,13H2,1H3;2*1H. The molecule has 2 rings (SSSR count). The molecule has 2 aromatic heterocycles. The van der Waals surface area contributed by atoms with E-state index in [2.05, 4.69) is 23.2 Å². The summed E-state index contributed by atoms with van der Waals surface area (Å²) in [7, 11) is 0. The second-order valence-electron chi connectivity index (χ2n) is 3.56. The number of alkyl halides is 2. The first-order valence-corrected chi connectivity index (χ1v) is 5.74. The van der Waals surface area contributed by atoms with Crippen LogP contribution in [0.1, 0.15) is 19.0 Å². The van der Waals surface area contributed by atoms with E-state index in [1.807, 2.05) is 0 Å². The van der Waals surface area contributed by atoms with Gasteiger partial charge in [0, 0.05) is 31.4 Å². The average Bonchev–Trinajstić information content (AvgIpc) is 2.82. The Hall–Kier alpha value is -3.27. The van der Waals surface area contributed by atoms with Crippen LogP contribution >= 0.6 is 0 Å². The lowest BCUT2D eigenvalue weighted by atomic mass is 10.3. The minimum Gasteiger partial charge on any atom is -0.323 e. The number of halogens is 2. The Morgan fingerprint density at radius 2 is 2.05 bits per heavy atom. The maximum atomic E-state index is 12.8. The van der Waals surface area contributed by atoms with Crippen molar-refractivity contribution in [3.8, 4) is 13.1 Å². The quantitative estimate of drug-likeness (QED) is 0.517. The molecule has 0 aliphatic heterocycles. The molecule has 10 heteroatoms. The van der Waals surface area contributed by atoms with Crippen LogP contribution in [0.2, 0.25) is 0 Å². The van der Waals surface area contributed by atoms with Crippen molar-refractivity contribution in [2.75, 3.05) is 0 Å². The molecular formula is C12H13F2N7O. The summed E-state index contributed by atoms with van der Waals surface area (Å²) in [5.41, 5.74) is 0.0432. The molecule has 22 heavy (non-hydrogen) atoms. The van der Waals surface area contributed by atoms with E-state index < -0.39 is 12.2 Å². The van der Waals surface area contributed by atoms with Gasteiger partial charge in [0.2, 0.25) is 0 Å². The van der Waals surface area contributed by atoms with Gasteiger partial charge in [-0.3, -0.25) is 4.57 Å². The van der Waals surface area contributed by atoms with Gasteiger partial charge in [0.05, 0.1) is 11.7 Å². The maximum absolute atomic E-state index is 12.8. The van der Waals surface area contributed by atoms with Gasteiger partial charge >= 0.3 is 12.2 Å². The molecule has 2 heterocycles. The van der Waals surface area contributed by atoms with Gasteiger partial charge in [-0.25, -0.2) is 24.9 Å². The summed E-state index contributed by atoms with van der Waals surface area (Å²) >= 11 is 0. The fourth-order valence-corrected chi connectivity index (χ4v) is 1.81. The molecule has 0 saturated carbocycles. The molecule has 0 atom stereocenters. The van der Waals surface area contributed by atoms with Gasteiger partial charge in [-0.15, -0.1) is 0 Å². The predicted octanol–water partition coefficient (Wildman–Crippen LogP) is 1.19. The number of aryl methyl sites for hydroxylation is 1. The lowest BCUT2D eigenvalue weighted by Gasteiger charge is -1.99. The number of hydrogen-bond donors (Lipinski definition) is 1. The Morgan fingerprint density at radius 3 is 2.50 bits per heavy atom. The van der Waals surface area contributed by atoms with Crippen molar-refractivity contribution in [3.63, 3.8) is 0 Å². The van der Waals surface area contributed by atoms with Crippen LogP contribution in [-0.4, -0.2) is 20.3 Å². The SMILES string of the molecule is C#N.C#N.CCn1c(=O)n(C(F)F)c2ncc(C=NN)cc21. The Kier molecular flexibility index (Phi) is 7.50. The van der Waals surface area contributed by atoms with Gasteiger partial charge in [0.1, 0.15) is 0 Å². The summed E-state index contributed by atoms with van der Waals surface area (Å²) in [6.07, 6.45) is 2.66. The van der Waals surface area contributed by atoms with E-state index in [1.54, 1.807) is 13.0 Å². The van der Waals surface area contributed by atoms with Gasteiger partial charge in [0.15, 0.2) is 5.65 Å². The molecule has 0 bridgehead atoms. The van der Waals surface area contributed by atoms with Crippen molar-refractivity contribution in [1.29, 1.82) is 10.5 Å². The number of imidazole rings is 1. The number of fused-ring (bicyclic) bond motifs is 1. The Balaban J connectivity index is 0.00000102. The van der Waals surface area contributed by atoms with Crippen LogP contribution in [0.25, 0.3) is 11.2 Å². The summed E-state index contributed by atoms with van der Waals surface area (Å²) in [4.78, 5) is 15.6. The van der Waals surface area contributed by atoms with Gasteiger partial charge < -0.3 is 5.84 Å². The van der Waals surface area contributed by atoms with Gasteiger partial charge in [-0.1, -0.05) is 0 Å². The fraction of sp³-hybridized carbons (Fsp3) is 0.250. The molecule has 8 nitrogen and oxygen atoms in total. The van der Waals surface area contributed by atoms with Crippen LogP contribution in [0.4, 0.5) is 8.78 Å². The molecule has 0 saturated heterocycles. The van der Waals surface area contributed by atoms with Crippen molar-refractivity contribution < 1.29 is 8.78 Å². The van der Waals surface area contributed by atoms with Crippen LogP contribution in [0, 0.1) is 23.7 Å². The van der Waals surface area contributed by atoms with E-state index in [-0.39, 0.29) is 12.2 Å². The smallest absolute Gasteiger partial charge is 0.323 e. The van der Waals surface area contributed by atoms with E-state index in [0.717, 1.165) is 0 Å². The lowest BCUT2D eigenvalue weighted by molar-refractivity contribution is 0.0697. The summed E-state index contributed by atoms with van der Waals surface area (Å²) < 4.78 is 27.2. The van der Waals surface area contributed by atoms with E-state index >= 15 is 0 Å². The first-order chi connectivity index (χ1) is 10.6. The van der Waals surface area contributed by atoms with Gasteiger partial charge in [-0.05, 0) is 13.0 Å². The van der Waals surface area contributed by atoms with Crippen LogP contribution < -0.4 is 11.5 Å². The fourth-order valence-electron chi connectivity index (χ4n) is 1.81. The average molecular weight is 309 g/mol. The third kappa shape index (κ3) is 3.43. The minimum absolute atomic E-state index is 0.0500. The predicted molar refractivity (Wildman–Crippen MR) is 76.0 cm³/mol. The summed E-state index contributed by atoms with van der Waals surface area (Å²) in [5, 5.41) is 16.3. The van der Waals surface area contributed by atoms with E-state index in [0.29, 0.717) is 15.6 Å². The number of rotatable bonds is 3. The highest BCUT2D eigenvalue weighted by atomic mass is 19.3. The highest BCUT2D eigenvalue weighted by molar-refractivity contribution is 5.85. The molecule has 0 unspecified atom stereocenters. The second kappa shape index (κ2) is 8.81. The number of aromatic nitrogens is 3. The van der Waals surface area contributed by atoms with Crippen molar-refractivity contribution in [3.05, 3.63) is 28.3 Å². The Labute approximate surface area is 124 Å². The van der Waals surface area contributed by atoms with E-state index in [9.17, 15) is 13.6 Å². The number of nitrogens with two attached hydrogens (primary N) is 1. The molecule has 0 radical (unpaired) electrons. The highest BCUT2D eigenvalue weighted by Gasteiger charge is 2.19. The number of hydrazone groups is 1. The number of hydrogen-bond acceptors (Lipinski definition) is 6. The van der Waals surface area contributed by atoms with Crippen molar-refractivity contribution in [2.24, 2.45) is 10.9 Å². The van der Waals surface area contributed by atoms with Crippen LogP contribution in [-0.2, 0) is 6.54 Å². The molecule has 0 aromatic carbocycles. The van der Waals surface area contributed by atoms with Crippen LogP contribution in [0.15, 0.2) is 22.2 Å². The monoisotopic (exact) mass is 309 g/mol. The Bertz CT molecular complexity index is 736. The zero-order chi connectivity index (χ0) is 17.3. The number of nitrogens with zero attached hydrogens (tertiary/aromatic N) is 6. The number of nitriles is 2. The largest absolute Gasteiger partial charge is 0.334 e. The number of pyridine rings is 1. The normalized spacial score (nSPS) is 10.0. The molecule has 0 aliphatic rings. The first-order valence-electron chi connectivity index (χ1n) is 5.74. The molecule has 116 valence electrons. The Morgan fingerprint density at radius 1 is 1.45 bits per heavy atom. The molecule has 0 amide bonds. The maximum Gasteiger partial charge on any atom is 0.334 e. The van der Waals surface area contributed by atoms with Crippen molar-refractivity contribution >= 4 is 17.4 Å². The summed E-state index contributed by atoms with van der Waals surface area (Å²) in [6, 6.07) is 1.54. The van der Waals surface area contributed by atoms with Gasteiger partial charge in [0.25, 0.3) is 0 Å². The highest BCUT2D eigenvalue weighted by Crippen LogP contribution is 2.17. The lowest BCUT2D eigenvalue weighted by Crippen LogP contribution is -2.24. The molecule has 0 aliphatic carbocycles. The molecule has 2 aromatic rings. The molecule has 0 spiro atoms. The van der Waals surface area contributed by atoms with E-state index in [4.69, 9.17) is 16.4 Å².